The molecule has 1 aliphatic rings. The van der Waals surface area contributed by atoms with E-state index in [0.717, 1.165) is 24.8 Å². The lowest BCUT2D eigenvalue weighted by Crippen LogP contribution is -2.47. The molecule has 1 aromatic heterocycles. The Morgan fingerprint density at radius 1 is 1.45 bits per heavy atom. The van der Waals surface area contributed by atoms with Gasteiger partial charge >= 0.3 is 0 Å². The zero-order valence-electron chi connectivity index (χ0n) is 12.4. The van der Waals surface area contributed by atoms with Crippen LogP contribution in [0.4, 0.5) is 0 Å². The molecule has 0 bridgehead atoms. The summed E-state index contributed by atoms with van der Waals surface area (Å²) in [5.74, 6) is 0.429. The van der Waals surface area contributed by atoms with Crippen molar-refractivity contribution in [3.63, 3.8) is 0 Å². The first kappa shape index (κ1) is 14.6. The zero-order chi connectivity index (χ0) is 15.6. The van der Waals surface area contributed by atoms with Gasteiger partial charge in [0, 0.05) is 12.1 Å². The van der Waals surface area contributed by atoms with E-state index >= 15 is 0 Å². The number of methoxy groups -OCH3 is 1. The summed E-state index contributed by atoms with van der Waals surface area (Å²) in [6.45, 7) is 0.273. The number of amides is 1. The predicted molar refractivity (Wildman–Crippen MR) is 81.7 cm³/mol. The molecular weight excluding hydrogens is 282 g/mol. The Morgan fingerprint density at radius 3 is 2.91 bits per heavy atom. The molecule has 1 aromatic carbocycles. The Bertz CT molecular complexity index is 677. The first-order valence-corrected chi connectivity index (χ1v) is 7.31. The quantitative estimate of drug-likeness (QED) is 0.785. The Hall–Kier alpha value is -2.34. The van der Waals surface area contributed by atoms with Crippen LogP contribution in [0.5, 0.6) is 5.75 Å². The monoisotopic (exact) mass is 301 g/mol. The summed E-state index contributed by atoms with van der Waals surface area (Å²) in [5.41, 5.74) is 1.09. The predicted octanol–water partition coefficient (Wildman–Crippen LogP) is 1.73. The van der Waals surface area contributed by atoms with Gasteiger partial charge in [0.2, 0.25) is 0 Å². The van der Waals surface area contributed by atoms with Crippen LogP contribution in [0.3, 0.4) is 0 Å². The molecule has 3 rings (SSSR count). The van der Waals surface area contributed by atoms with Gasteiger partial charge in [0.05, 0.1) is 18.4 Å². The number of nitrogens with zero attached hydrogens (tertiary/aromatic N) is 1. The van der Waals surface area contributed by atoms with Gasteiger partial charge in [-0.25, -0.2) is 0 Å². The molecule has 0 radical (unpaired) electrons. The van der Waals surface area contributed by atoms with Crippen molar-refractivity contribution in [1.82, 2.24) is 15.5 Å². The van der Waals surface area contributed by atoms with E-state index < -0.39 is 5.60 Å². The van der Waals surface area contributed by atoms with Crippen molar-refractivity contribution in [1.29, 1.82) is 0 Å². The molecular formula is C16H19N3O3. The van der Waals surface area contributed by atoms with Crippen LogP contribution in [0.15, 0.2) is 30.3 Å². The molecule has 22 heavy (non-hydrogen) atoms. The van der Waals surface area contributed by atoms with E-state index in [0.29, 0.717) is 17.1 Å². The van der Waals surface area contributed by atoms with Crippen molar-refractivity contribution >= 4 is 5.91 Å². The highest BCUT2D eigenvalue weighted by molar-refractivity contribution is 5.93. The van der Waals surface area contributed by atoms with Crippen LogP contribution >= 0.6 is 0 Å². The molecule has 0 atom stereocenters. The standard InChI is InChI=1S/C16H19N3O3/c1-22-14-6-3-2-5-11(14)12-9-13(19-18-12)15(20)17-10-16(21)7-4-8-16/h2-3,5-6,9,21H,4,7-8,10H2,1H3,(H,17,20)(H,18,19). The van der Waals surface area contributed by atoms with Crippen LogP contribution in [-0.2, 0) is 0 Å². The molecule has 1 heterocycles. The summed E-state index contributed by atoms with van der Waals surface area (Å²) in [5, 5.41) is 19.6. The third-order valence-corrected chi connectivity index (χ3v) is 4.07. The highest BCUT2D eigenvalue weighted by atomic mass is 16.5. The van der Waals surface area contributed by atoms with Crippen molar-refractivity contribution in [2.45, 2.75) is 24.9 Å². The maximum absolute atomic E-state index is 12.1. The molecule has 0 saturated heterocycles. The first-order valence-electron chi connectivity index (χ1n) is 7.31. The van der Waals surface area contributed by atoms with Crippen molar-refractivity contribution in [3.8, 4) is 17.0 Å². The third-order valence-electron chi connectivity index (χ3n) is 4.07. The molecule has 1 aliphatic carbocycles. The van der Waals surface area contributed by atoms with Crippen molar-refractivity contribution in [3.05, 3.63) is 36.0 Å². The highest BCUT2D eigenvalue weighted by Gasteiger charge is 2.34. The van der Waals surface area contributed by atoms with E-state index in [4.69, 9.17) is 4.74 Å². The van der Waals surface area contributed by atoms with Gasteiger partial charge in [-0.3, -0.25) is 9.89 Å². The van der Waals surface area contributed by atoms with E-state index in [-0.39, 0.29) is 12.5 Å². The number of carbonyl (C=O) groups is 1. The maximum atomic E-state index is 12.1. The van der Waals surface area contributed by atoms with Crippen LogP contribution in [0, 0.1) is 0 Å². The number of aliphatic hydroxyl groups is 1. The summed E-state index contributed by atoms with van der Waals surface area (Å²) in [4.78, 5) is 12.1. The second kappa shape index (κ2) is 5.81. The van der Waals surface area contributed by atoms with Crippen LogP contribution in [0.1, 0.15) is 29.8 Å². The number of H-pyrrole nitrogens is 1. The Morgan fingerprint density at radius 2 is 2.23 bits per heavy atom. The molecule has 2 aromatic rings. The number of benzene rings is 1. The Balaban J connectivity index is 1.71. The lowest BCUT2D eigenvalue weighted by Gasteiger charge is -2.36. The number of rotatable bonds is 5. The smallest absolute Gasteiger partial charge is 0.269 e. The van der Waals surface area contributed by atoms with E-state index in [1.807, 2.05) is 24.3 Å². The first-order chi connectivity index (χ1) is 10.6. The lowest BCUT2D eigenvalue weighted by atomic mass is 9.80. The fourth-order valence-electron chi connectivity index (χ4n) is 2.53. The van der Waals surface area contributed by atoms with E-state index in [9.17, 15) is 9.90 Å². The lowest BCUT2D eigenvalue weighted by molar-refractivity contribution is -0.0300. The second-order valence-corrected chi connectivity index (χ2v) is 5.63. The van der Waals surface area contributed by atoms with Gasteiger partial charge in [0.1, 0.15) is 11.4 Å². The summed E-state index contributed by atoms with van der Waals surface area (Å²) in [6.07, 6.45) is 2.49. The Labute approximate surface area is 128 Å². The highest BCUT2D eigenvalue weighted by Crippen LogP contribution is 2.31. The Kier molecular flexibility index (Phi) is 3.85. The van der Waals surface area contributed by atoms with Gasteiger partial charge in [-0.15, -0.1) is 0 Å². The minimum absolute atomic E-state index is 0.269. The number of carbonyl (C=O) groups excluding carboxylic acids is 1. The summed E-state index contributed by atoms with van der Waals surface area (Å²) >= 11 is 0. The molecule has 1 fully saturated rings. The summed E-state index contributed by atoms with van der Waals surface area (Å²) in [6, 6.07) is 9.17. The number of ether oxygens (including phenoxy) is 1. The van der Waals surface area contributed by atoms with Crippen molar-refractivity contribution in [2.24, 2.45) is 0 Å². The number of aromatic nitrogens is 2. The number of hydrogen-bond acceptors (Lipinski definition) is 4. The largest absolute Gasteiger partial charge is 0.496 e. The van der Waals surface area contributed by atoms with Crippen LogP contribution in [-0.4, -0.2) is 40.5 Å². The molecule has 0 unspecified atom stereocenters. The fourth-order valence-corrected chi connectivity index (χ4v) is 2.53. The van der Waals surface area contributed by atoms with Crippen LogP contribution in [0.2, 0.25) is 0 Å². The molecule has 6 heteroatoms. The van der Waals surface area contributed by atoms with E-state index in [2.05, 4.69) is 15.5 Å². The molecule has 116 valence electrons. The van der Waals surface area contributed by atoms with E-state index in [1.165, 1.54) is 0 Å². The van der Waals surface area contributed by atoms with Crippen LogP contribution < -0.4 is 10.1 Å². The minimum Gasteiger partial charge on any atom is -0.496 e. The number of nitrogens with one attached hydrogen (secondary N) is 2. The molecule has 0 spiro atoms. The van der Waals surface area contributed by atoms with Gasteiger partial charge in [0.25, 0.3) is 5.91 Å². The van der Waals surface area contributed by atoms with Gasteiger partial charge in [-0.05, 0) is 37.5 Å². The summed E-state index contributed by atoms with van der Waals surface area (Å²) < 4.78 is 5.30. The molecule has 0 aliphatic heterocycles. The van der Waals surface area contributed by atoms with Gasteiger partial charge in [-0.2, -0.15) is 5.10 Å². The minimum atomic E-state index is -0.735. The van der Waals surface area contributed by atoms with Crippen molar-refractivity contribution in [2.75, 3.05) is 13.7 Å². The van der Waals surface area contributed by atoms with Crippen LogP contribution in [0.25, 0.3) is 11.3 Å². The topological polar surface area (TPSA) is 87.2 Å². The number of para-hydroxylation sites is 1. The second-order valence-electron chi connectivity index (χ2n) is 5.63. The third kappa shape index (κ3) is 2.82. The average molecular weight is 301 g/mol. The fraction of sp³-hybridized carbons (Fsp3) is 0.375. The SMILES string of the molecule is COc1ccccc1-c1cc(C(=O)NCC2(O)CCC2)[nH]n1. The average Bonchev–Trinajstić information content (AvgIpc) is 3.00. The van der Waals surface area contributed by atoms with Gasteiger partial charge in [-0.1, -0.05) is 12.1 Å². The molecule has 1 amide bonds. The molecule has 1 saturated carbocycles. The maximum Gasteiger partial charge on any atom is 0.269 e. The molecule has 3 N–H and O–H groups in total. The summed E-state index contributed by atoms with van der Waals surface area (Å²) in [7, 11) is 1.60. The van der Waals surface area contributed by atoms with E-state index in [1.54, 1.807) is 13.2 Å². The van der Waals surface area contributed by atoms with Gasteiger partial charge in [0.15, 0.2) is 0 Å². The normalized spacial score (nSPS) is 15.9. The van der Waals surface area contributed by atoms with Gasteiger partial charge < -0.3 is 15.2 Å². The zero-order valence-corrected chi connectivity index (χ0v) is 12.4. The molecule has 6 nitrogen and oxygen atoms in total. The van der Waals surface area contributed by atoms with Crippen molar-refractivity contribution < 1.29 is 14.6 Å². The number of hydrogen-bond donors (Lipinski definition) is 3. The number of aromatic amines is 1.